The molecule has 0 bridgehead atoms. The summed E-state index contributed by atoms with van der Waals surface area (Å²) in [5.74, 6) is -0.802. The van der Waals surface area contributed by atoms with Gasteiger partial charge in [-0.1, -0.05) is 29.8 Å². The second-order valence-corrected chi connectivity index (χ2v) is 4.31. The molecule has 4 heteroatoms. The van der Waals surface area contributed by atoms with Crippen molar-refractivity contribution in [3.8, 4) is 11.8 Å². The van der Waals surface area contributed by atoms with Gasteiger partial charge in [-0.2, -0.15) is 5.26 Å². The number of rotatable bonds is 4. The van der Waals surface area contributed by atoms with E-state index in [1.54, 1.807) is 24.3 Å². The zero-order chi connectivity index (χ0) is 14.5. The van der Waals surface area contributed by atoms with Gasteiger partial charge in [0.15, 0.2) is 12.4 Å². The molecule has 0 fully saturated rings. The molecule has 0 spiro atoms. The number of nitrogens with zero attached hydrogens (tertiary/aromatic N) is 1. The summed E-state index contributed by atoms with van der Waals surface area (Å²) in [6.45, 7) is 1.65. The molecule has 0 unspecified atom stereocenters. The van der Waals surface area contributed by atoms with Crippen LogP contribution < -0.4 is 4.74 Å². The molecule has 100 valence electrons. The SMILES string of the molecule is Cc1cccc(C(=O)COc2cccc(F)c2C#N)c1. The van der Waals surface area contributed by atoms with E-state index in [0.717, 1.165) is 5.56 Å². The summed E-state index contributed by atoms with van der Waals surface area (Å²) in [5.41, 5.74) is 1.31. The predicted molar refractivity (Wildman–Crippen MR) is 72.1 cm³/mol. The standard InChI is InChI=1S/C16H12FNO2/c1-11-4-2-5-12(8-11)15(19)10-20-16-7-3-6-14(17)13(16)9-18/h2-8H,10H2,1H3. The maximum Gasteiger partial charge on any atom is 0.200 e. The van der Waals surface area contributed by atoms with Crippen molar-refractivity contribution in [3.63, 3.8) is 0 Å². The summed E-state index contributed by atoms with van der Waals surface area (Å²) in [7, 11) is 0. The van der Waals surface area contributed by atoms with E-state index in [1.807, 2.05) is 13.0 Å². The van der Waals surface area contributed by atoms with Crippen LogP contribution >= 0.6 is 0 Å². The molecule has 0 saturated heterocycles. The van der Waals surface area contributed by atoms with E-state index in [9.17, 15) is 9.18 Å². The molecular weight excluding hydrogens is 257 g/mol. The zero-order valence-corrected chi connectivity index (χ0v) is 10.9. The second-order valence-electron chi connectivity index (χ2n) is 4.31. The minimum atomic E-state index is -0.659. The molecule has 0 aliphatic heterocycles. The van der Waals surface area contributed by atoms with E-state index < -0.39 is 5.82 Å². The van der Waals surface area contributed by atoms with Crippen LogP contribution in [0.15, 0.2) is 42.5 Å². The van der Waals surface area contributed by atoms with Gasteiger partial charge in [0.2, 0.25) is 0 Å². The van der Waals surface area contributed by atoms with Gasteiger partial charge >= 0.3 is 0 Å². The number of ketones is 1. The van der Waals surface area contributed by atoms with Crippen LogP contribution in [0.5, 0.6) is 5.75 Å². The number of benzene rings is 2. The number of carbonyl (C=O) groups excluding carboxylic acids is 1. The topological polar surface area (TPSA) is 50.1 Å². The Bertz CT molecular complexity index is 689. The number of hydrogen-bond donors (Lipinski definition) is 0. The second kappa shape index (κ2) is 5.98. The maximum atomic E-state index is 13.4. The van der Waals surface area contributed by atoms with Gasteiger partial charge in [-0.05, 0) is 25.1 Å². The summed E-state index contributed by atoms with van der Waals surface area (Å²) in [6, 6.07) is 12.9. The first-order valence-corrected chi connectivity index (χ1v) is 6.03. The lowest BCUT2D eigenvalue weighted by molar-refractivity contribution is 0.0921. The van der Waals surface area contributed by atoms with Crippen molar-refractivity contribution in [1.82, 2.24) is 0 Å². The number of nitriles is 1. The van der Waals surface area contributed by atoms with E-state index in [-0.39, 0.29) is 23.7 Å². The van der Waals surface area contributed by atoms with Crippen molar-refractivity contribution in [2.45, 2.75) is 6.92 Å². The number of hydrogen-bond acceptors (Lipinski definition) is 3. The third-order valence-electron chi connectivity index (χ3n) is 2.79. The van der Waals surface area contributed by atoms with Gasteiger partial charge in [0.25, 0.3) is 0 Å². The van der Waals surface area contributed by atoms with Crippen molar-refractivity contribution in [2.24, 2.45) is 0 Å². The minimum Gasteiger partial charge on any atom is -0.484 e. The van der Waals surface area contributed by atoms with E-state index in [4.69, 9.17) is 10.00 Å². The van der Waals surface area contributed by atoms with Crippen LogP contribution in [0, 0.1) is 24.1 Å². The van der Waals surface area contributed by atoms with Crippen LogP contribution in [-0.2, 0) is 0 Å². The Kier molecular flexibility index (Phi) is 4.11. The van der Waals surface area contributed by atoms with Gasteiger partial charge in [-0.15, -0.1) is 0 Å². The van der Waals surface area contributed by atoms with E-state index in [1.165, 1.54) is 18.2 Å². The molecular formula is C16H12FNO2. The van der Waals surface area contributed by atoms with E-state index >= 15 is 0 Å². The summed E-state index contributed by atoms with van der Waals surface area (Å²) >= 11 is 0. The van der Waals surface area contributed by atoms with Crippen LogP contribution in [-0.4, -0.2) is 12.4 Å². The maximum absolute atomic E-state index is 13.4. The smallest absolute Gasteiger partial charge is 0.200 e. The van der Waals surface area contributed by atoms with Gasteiger partial charge in [0.1, 0.15) is 23.2 Å². The van der Waals surface area contributed by atoms with Crippen molar-refractivity contribution in [2.75, 3.05) is 6.61 Å². The summed E-state index contributed by atoms with van der Waals surface area (Å²) in [6.07, 6.45) is 0. The fraction of sp³-hybridized carbons (Fsp3) is 0.125. The van der Waals surface area contributed by atoms with Crippen LogP contribution in [0.4, 0.5) is 4.39 Å². The van der Waals surface area contributed by atoms with Gasteiger partial charge < -0.3 is 4.74 Å². The largest absolute Gasteiger partial charge is 0.484 e. The highest BCUT2D eigenvalue weighted by Crippen LogP contribution is 2.20. The Morgan fingerprint density at radius 2 is 2.05 bits per heavy atom. The molecule has 0 aliphatic carbocycles. The summed E-state index contributed by atoms with van der Waals surface area (Å²) in [4.78, 5) is 12.0. The quantitative estimate of drug-likeness (QED) is 0.800. The van der Waals surface area contributed by atoms with Crippen molar-refractivity contribution in [3.05, 3.63) is 65.0 Å². The molecule has 2 aromatic rings. The molecule has 0 aliphatic rings. The third kappa shape index (κ3) is 3.01. The first-order chi connectivity index (χ1) is 9.61. The number of Topliss-reactive ketones (excluding diaryl/α,β-unsaturated/α-hetero) is 1. The number of carbonyl (C=O) groups is 1. The Hall–Kier alpha value is -2.67. The Morgan fingerprint density at radius 3 is 2.75 bits per heavy atom. The van der Waals surface area contributed by atoms with Crippen LogP contribution in [0.2, 0.25) is 0 Å². The molecule has 2 rings (SSSR count). The van der Waals surface area contributed by atoms with Crippen LogP contribution in [0.3, 0.4) is 0 Å². The van der Waals surface area contributed by atoms with Gasteiger partial charge in [-0.3, -0.25) is 4.79 Å². The molecule has 0 heterocycles. The van der Waals surface area contributed by atoms with Crippen molar-refractivity contribution in [1.29, 1.82) is 5.26 Å². The fourth-order valence-corrected chi connectivity index (χ4v) is 1.78. The van der Waals surface area contributed by atoms with Gasteiger partial charge in [-0.25, -0.2) is 4.39 Å². The molecule has 2 aromatic carbocycles. The molecule has 0 aromatic heterocycles. The highest BCUT2D eigenvalue weighted by Gasteiger charge is 2.12. The monoisotopic (exact) mass is 269 g/mol. The van der Waals surface area contributed by atoms with Crippen molar-refractivity contribution < 1.29 is 13.9 Å². The Balaban J connectivity index is 2.12. The van der Waals surface area contributed by atoms with Gasteiger partial charge in [0.05, 0.1) is 0 Å². The summed E-state index contributed by atoms with van der Waals surface area (Å²) < 4.78 is 18.6. The minimum absolute atomic E-state index is 0.0773. The van der Waals surface area contributed by atoms with Crippen LogP contribution in [0.1, 0.15) is 21.5 Å². The highest BCUT2D eigenvalue weighted by atomic mass is 19.1. The number of halogens is 1. The molecule has 3 nitrogen and oxygen atoms in total. The molecule has 0 amide bonds. The molecule has 0 atom stereocenters. The highest BCUT2D eigenvalue weighted by molar-refractivity contribution is 5.97. The first-order valence-electron chi connectivity index (χ1n) is 6.03. The number of ether oxygens (including phenoxy) is 1. The van der Waals surface area contributed by atoms with Crippen LogP contribution in [0.25, 0.3) is 0 Å². The van der Waals surface area contributed by atoms with E-state index in [0.29, 0.717) is 5.56 Å². The lowest BCUT2D eigenvalue weighted by atomic mass is 10.1. The average molecular weight is 269 g/mol. The number of aryl methyl sites for hydroxylation is 1. The molecule has 0 radical (unpaired) electrons. The lowest BCUT2D eigenvalue weighted by Gasteiger charge is -2.08. The van der Waals surface area contributed by atoms with Gasteiger partial charge in [0, 0.05) is 5.56 Å². The molecule has 0 N–H and O–H groups in total. The molecule has 20 heavy (non-hydrogen) atoms. The molecule has 0 saturated carbocycles. The first kappa shape index (κ1) is 13.8. The Labute approximate surface area is 116 Å². The third-order valence-corrected chi connectivity index (χ3v) is 2.79. The average Bonchev–Trinajstić information content (AvgIpc) is 2.44. The normalized spacial score (nSPS) is 9.85. The van der Waals surface area contributed by atoms with Crippen molar-refractivity contribution >= 4 is 5.78 Å². The lowest BCUT2D eigenvalue weighted by Crippen LogP contribution is -2.12. The summed E-state index contributed by atoms with van der Waals surface area (Å²) in [5, 5.41) is 8.86. The fourth-order valence-electron chi connectivity index (χ4n) is 1.78. The Morgan fingerprint density at radius 1 is 1.30 bits per heavy atom. The van der Waals surface area contributed by atoms with E-state index in [2.05, 4.69) is 0 Å². The zero-order valence-electron chi connectivity index (χ0n) is 10.9. The predicted octanol–water partition coefficient (Wildman–Crippen LogP) is 3.27.